The van der Waals surface area contributed by atoms with Gasteiger partial charge in [0.1, 0.15) is 12.0 Å². The van der Waals surface area contributed by atoms with Crippen molar-refractivity contribution < 1.29 is 18.7 Å². The molecule has 0 spiro atoms. The van der Waals surface area contributed by atoms with E-state index in [-0.39, 0.29) is 11.6 Å². The zero-order valence-corrected chi connectivity index (χ0v) is 19.5. The molecule has 3 aromatic rings. The van der Waals surface area contributed by atoms with Crippen LogP contribution < -0.4 is 10.1 Å². The fourth-order valence-electron chi connectivity index (χ4n) is 3.76. The molecule has 3 heterocycles. The standard InChI is InChI=1S/C25H31N5O4/c1-32-22-4-2-21(3-5-22)17-30(11-10-29-12-14-33-15-13-29)18-24-28-23(19-34-24)25(31)27-16-20-6-8-26-9-7-20/h2-9,19H,10-18H2,1H3,(H,27,31). The predicted molar refractivity (Wildman–Crippen MR) is 126 cm³/mol. The highest BCUT2D eigenvalue weighted by molar-refractivity contribution is 5.91. The highest BCUT2D eigenvalue weighted by atomic mass is 16.5. The van der Waals surface area contributed by atoms with E-state index in [1.165, 1.54) is 11.8 Å². The lowest BCUT2D eigenvalue weighted by Gasteiger charge is -2.29. The van der Waals surface area contributed by atoms with Gasteiger partial charge in [0.2, 0.25) is 5.89 Å². The van der Waals surface area contributed by atoms with Gasteiger partial charge in [0.05, 0.1) is 26.9 Å². The number of oxazole rings is 1. The molecule has 1 fully saturated rings. The minimum atomic E-state index is -0.262. The topological polar surface area (TPSA) is 93.0 Å². The van der Waals surface area contributed by atoms with E-state index in [1.54, 1.807) is 19.5 Å². The Morgan fingerprint density at radius 1 is 1.09 bits per heavy atom. The van der Waals surface area contributed by atoms with Crippen molar-refractivity contribution in [2.24, 2.45) is 0 Å². The zero-order valence-electron chi connectivity index (χ0n) is 19.5. The first-order chi connectivity index (χ1) is 16.7. The number of hydrogen-bond acceptors (Lipinski definition) is 8. The van der Waals surface area contributed by atoms with Crippen LogP contribution in [0.3, 0.4) is 0 Å². The quantitative estimate of drug-likeness (QED) is 0.461. The first-order valence-corrected chi connectivity index (χ1v) is 11.5. The molecule has 1 aromatic carbocycles. The lowest BCUT2D eigenvalue weighted by atomic mass is 10.2. The number of rotatable bonds is 11. The summed E-state index contributed by atoms with van der Waals surface area (Å²) >= 11 is 0. The maximum absolute atomic E-state index is 12.5. The van der Waals surface area contributed by atoms with E-state index < -0.39 is 0 Å². The smallest absolute Gasteiger partial charge is 0.273 e. The molecule has 0 radical (unpaired) electrons. The summed E-state index contributed by atoms with van der Waals surface area (Å²) < 4.78 is 16.4. The third kappa shape index (κ3) is 7.11. The number of methoxy groups -OCH3 is 1. The second-order valence-electron chi connectivity index (χ2n) is 8.18. The van der Waals surface area contributed by atoms with Crippen LogP contribution >= 0.6 is 0 Å². The van der Waals surface area contributed by atoms with Gasteiger partial charge in [0.25, 0.3) is 5.91 Å². The molecule has 180 valence electrons. The summed E-state index contributed by atoms with van der Waals surface area (Å²) in [7, 11) is 1.66. The van der Waals surface area contributed by atoms with Crippen LogP contribution in [0.1, 0.15) is 27.5 Å². The Labute approximate surface area is 199 Å². The number of nitrogens with zero attached hydrogens (tertiary/aromatic N) is 4. The van der Waals surface area contributed by atoms with Crippen LogP contribution in [0.4, 0.5) is 0 Å². The zero-order chi connectivity index (χ0) is 23.6. The molecular weight excluding hydrogens is 434 g/mol. The van der Waals surface area contributed by atoms with Crippen LogP contribution in [0.15, 0.2) is 59.5 Å². The Balaban J connectivity index is 1.37. The van der Waals surface area contributed by atoms with Crippen molar-refractivity contribution in [3.05, 3.63) is 77.8 Å². The number of hydrogen-bond donors (Lipinski definition) is 1. The predicted octanol–water partition coefficient (Wildman–Crippen LogP) is 2.34. The van der Waals surface area contributed by atoms with Gasteiger partial charge in [-0.1, -0.05) is 12.1 Å². The number of benzene rings is 1. The van der Waals surface area contributed by atoms with Gasteiger partial charge >= 0.3 is 0 Å². The van der Waals surface area contributed by atoms with E-state index >= 15 is 0 Å². The lowest BCUT2D eigenvalue weighted by Crippen LogP contribution is -2.41. The minimum Gasteiger partial charge on any atom is -0.497 e. The Morgan fingerprint density at radius 3 is 2.59 bits per heavy atom. The van der Waals surface area contributed by atoms with E-state index in [1.807, 2.05) is 24.3 Å². The third-order valence-corrected chi connectivity index (χ3v) is 5.75. The number of amides is 1. The molecule has 0 saturated carbocycles. The first-order valence-electron chi connectivity index (χ1n) is 11.5. The minimum absolute atomic E-state index is 0.262. The van der Waals surface area contributed by atoms with Crippen LogP contribution in [0.5, 0.6) is 5.75 Å². The summed E-state index contributed by atoms with van der Waals surface area (Å²) in [5, 5.41) is 2.87. The molecule has 9 nitrogen and oxygen atoms in total. The number of carbonyl (C=O) groups is 1. The maximum atomic E-state index is 12.5. The van der Waals surface area contributed by atoms with E-state index in [0.717, 1.165) is 57.3 Å². The van der Waals surface area contributed by atoms with Crippen molar-refractivity contribution >= 4 is 5.91 Å². The Morgan fingerprint density at radius 2 is 1.85 bits per heavy atom. The molecule has 4 rings (SSSR count). The Bertz CT molecular complexity index is 1020. The summed E-state index contributed by atoms with van der Waals surface area (Å²) in [4.78, 5) is 25.6. The average Bonchev–Trinajstić information content (AvgIpc) is 3.36. The van der Waals surface area contributed by atoms with E-state index in [9.17, 15) is 4.79 Å². The highest BCUT2D eigenvalue weighted by Gasteiger charge is 2.17. The van der Waals surface area contributed by atoms with Gasteiger partial charge in [-0.25, -0.2) is 4.98 Å². The number of pyridine rings is 1. The SMILES string of the molecule is COc1ccc(CN(CCN2CCOCC2)Cc2nc(C(=O)NCc3ccncc3)co2)cc1. The molecule has 2 aromatic heterocycles. The molecule has 1 saturated heterocycles. The molecule has 34 heavy (non-hydrogen) atoms. The Hall–Kier alpha value is -3.27. The van der Waals surface area contributed by atoms with Crippen LogP contribution in [0, 0.1) is 0 Å². The molecule has 1 aliphatic rings. The van der Waals surface area contributed by atoms with Crippen LogP contribution in [-0.2, 0) is 24.4 Å². The second-order valence-corrected chi connectivity index (χ2v) is 8.18. The molecule has 0 unspecified atom stereocenters. The third-order valence-electron chi connectivity index (χ3n) is 5.75. The summed E-state index contributed by atoms with van der Waals surface area (Å²) in [5.74, 6) is 1.09. The molecule has 1 aliphatic heterocycles. The summed E-state index contributed by atoms with van der Waals surface area (Å²) in [6.45, 7) is 6.86. The van der Waals surface area contributed by atoms with Crippen molar-refractivity contribution in [3.63, 3.8) is 0 Å². The van der Waals surface area contributed by atoms with Crippen molar-refractivity contribution in [2.45, 2.75) is 19.6 Å². The molecular formula is C25H31N5O4. The molecule has 0 bridgehead atoms. The summed E-state index contributed by atoms with van der Waals surface area (Å²) in [5.41, 5.74) is 2.42. The Kier molecular flexibility index (Phi) is 8.61. The number of morpholine rings is 1. The van der Waals surface area contributed by atoms with Gasteiger partial charge in [-0.3, -0.25) is 19.6 Å². The van der Waals surface area contributed by atoms with Crippen LogP contribution in [-0.4, -0.2) is 72.2 Å². The second kappa shape index (κ2) is 12.3. The van der Waals surface area contributed by atoms with Gasteiger partial charge in [0, 0.05) is 51.7 Å². The van der Waals surface area contributed by atoms with Gasteiger partial charge in [0.15, 0.2) is 5.69 Å². The van der Waals surface area contributed by atoms with E-state index in [4.69, 9.17) is 13.9 Å². The highest BCUT2D eigenvalue weighted by Crippen LogP contribution is 2.15. The first kappa shape index (κ1) is 23.9. The van der Waals surface area contributed by atoms with Crippen LogP contribution in [0.25, 0.3) is 0 Å². The van der Waals surface area contributed by atoms with Crippen molar-refractivity contribution in [3.8, 4) is 5.75 Å². The number of carbonyl (C=O) groups excluding carboxylic acids is 1. The van der Waals surface area contributed by atoms with Crippen molar-refractivity contribution in [1.29, 1.82) is 0 Å². The molecule has 9 heteroatoms. The van der Waals surface area contributed by atoms with Crippen molar-refractivity contribution in [2.75, 3.05) is 46.5 Å². The largest absolute Gasteiger partial charge is 0.497 e. The molecule has 0 atom stereocenters. The monoisotopic (exact) mass is 465 g/mol. The molecule has 1 amide bonds. The van der Waals surface area contributed by atoms with Gasteiger partial charge in [-0.15, -0.1) is 0 Å². The normalized spacial score (nSPS) is 14.3. The van der Waals surface area contributed by atoms with E-state index in [0.29, 0.717) is 19.0 Å². The summed E-state index contributed by atoms with van der Waals surface area (Å²) in [6.07, 6.45) is 4.82. The molecule has 1 N–H and O–H groups in total. The van der Waals surface area contributed by atoms with Gasteiger partial charge < -0.3 is 19.2 Å². The number of ether oxygens (including phenoxy) is 2. The number of aromatic nitrogens is 2. The lowest BCUT2D eigenvalue weighted by molar-refractivity contribution is 0.0320. The van der Waals surface area contributed by atoms with Crippen molar-refractivity contribution in [1.82, 2.24) is 25.1 Å². The van der Waals surface area contributed by atoms with Gasteiger partial charge in [-0.05, 0) is 35.4 Å². The fraction of sp³-hybridized carbons (Fsp3) is 0.400. The number of nitrogens with one attached hydrogen (secondary N) is 1. The van der Waals surface area contributed by atoms with Gasteiger partial charge in [-0.2, -0.15) is 0 Å². The maximum Gasteiger partial charge on any atom is 0.273 e. The summed E-state index contributed by atoms with van der Waals surface area (Å²) in [6, 6.07) is 11.8. The van der Waals surface area contributed by atoms with Crippen LogP contribution in [0.2, 0.25) is 0 Å². The fourth-order valence-corrected chi connectivity index (χ4v) is 3.76. The average molecular weight is 466 g/mol. The van der Waals surface area contributed by atoms with E-state index in [2.05, 4.69) is 37.2 Å². The molecule has 0 aliphatic carbocycles.